The average molecular weight is 228 g/mol. The number of aryl methyl sites for hydroxylation is 2. The highest BCUT2D eigenvalue weighted by Crippen LogP contribution is 2.32. The lowest BCUT2D eigenvalue weighted by atomic mass is 10.1. The molecule has 17 heavy (non-hydrogen) atoms. The second-order valence-corrected chi connectivity index (χ2v) is 4.99. The van der Waals surface area contributed by atoms with Crippen LogP contribution in [0.15, 0.2) is 6.07 Å². The van der Waals surface area contributed by atoms with Gasteiger partial charge in [-0.15, -0.1) is 0 Å². The van der Waals surface area contributed by atoms with Gasteiger partial charge in [0.15, 0.2) is 0 Å². The predicted molar refractivity (Wildman–Crippen MR) is 63.8 cm³/mol. The largest absolute Gasteiger partial charge is 0.477 e. The Morgan fingerprint density at radius 3 is 3.06 bits per heavy atom. The summed E-state index contributed by atoms with van der Waals surface area (Å²) in [5.41, 5.74) is 2.96. The molecule has 2 aliphatic rings. The lowest BCUT2D eigenvalue weighted by molar-refractivity contribution is 0.289. The van der Waals surface area contributed by atoms with E-state index in [1.165, 1.54) is 18.4 Å². The third kappa shape index (κ3) is 2.26. The standard InChI is InChI=1S/C14H16N2O/c15-9-12-8-11-2-1-3-13(11)16-14(12)17-7-6-10-4-5-10/h8,10H,1-7H2. The summed E-state index contributed by atoms with van der Waals surface area (Å²) >= 11 is 0. The Balaban J connectivity index is 1.74. The highest BCUT2D eigenvalue weighted by molar-refractivity contribution is 5.44. The lowest BCUT2D eigenvalue weighted by Gasteiger charge is -2.08. The number of ether oxygens (including phenoxy) is 1. The summed E-state index contributed by atoms with van der Waals surface area (Å²) in [6.07, 6.45) is 7.01. The van der Waals surface area contributed by atoms with E-state index in [9.17, 15) is 0 Å². The molecule has 88 valence electrons. The Morgan fingerprint density at radius 2 is 2.29 bits per heavy atom. The normalized spacial score (nSPS) is 17.6. The zero-order chi connectivity index (χ0) is 11.7. The number of hydrogen-bond donors (Lipinski definition) is 0. The SMILES string of the molecule is N#Cc1cc2c(nc1OCCC1CC1)CCC2. The van der Waals surface area contributed by atoms with Crippen molar-refractivity contribution < 1.29 is 4.74 Å². The maximum atomic E-state index is 9.10. The Hall–Kier alpha value is -1.56. The highest BCUT2D eigenvalue weighted by Gasteiger charge is 2.22. The van der Waals surface area contributed by atoms with Gasteiger partial charge in [-0.25, -0.2) is 4.98 Å². The third-order valence-corrected chi connectivity index (χ3v) is 3.60. The van der Waals surface area contributed by atoms with E-state index in [2.05, 4.69) is 11.1 Å². The van der Waals surface area contributed by atoms with Crippen LogP contribution in [0.2, 0.25) is 0 Å². The zero-order valence-electron chi connectivity index (χ0n) is 9.91. The zero-order valence-corrected chi connectivity index (χ0v) is 9.91. The molecule has 3 rings (SSSR count). The van der Waals surface area contributed by atoms with Gasteiger partial charge >= 0.3 is 0 Å². The molecule has 0 saturated heterocycles. The monoisotopic (exact) mass is 228 g/mol. The first kappa shape index (κ1) is 10.6. The molecule has 0 N–H and O–H groups in total. The molecule has 1 aromatic heterocycles. The summed E-state index contributed by atoms with van der Waals surface area (Å²) in [5.74, 6) is 1.41. The summed E-state index contributed by atoms with van der Waals surface area (Å²) in [4.78, 5) is 4.50. The Kier molecular flexibility index (Phi) is 2.72. The number of rotatable bonds is 4. The molecule has 0 bridgehead atoms. The fourth-order valence-electron chi connectivity index (χ4n) is 2.37. The van der Waals surface area contributed by atoms with Crippen molar-refractivity contribution in [1.82, 2.24) is 4.98 Å². The summed E-state index contributed by atoms with van der Waals surface area (Å²) in [5, 5.41) is 9.10. The second kappa shape index (κ2) is 4.37. The van der Waals surface area contributed by atoms with E-state index in [0.717, 1.165) is 37.3 Å². The Morgan fingerprint density at radius 1 is 1.41 bits per heavy atom. The topological polar surface area (TPSA) is 45.9 Å². The van der Waals surface area contributed by atoms with Gasteiger partial charge in [-0.05, 0) is 43.2 Å². The van der Waals surface area contributed by atoms with Crippen LogP contribution in [0.1, 0.15) is 42.5 Å². The average Bonchev–Trinajstić information content (AvgIpc) is 3.05. The van der Waals surface area contributed by atoms with Gasteiger partial charge in [0.05, 0.1) is 6.61 Å². The molecule has 0 aliphatic heterocycles. The van der Waals surface area contributed by atoms with Crippen LogP contribution in [-0.2, 0) is 12.8 Å². The number of aromatic nitrogens is 1. The van der Waals surface area contributed by atoms with Crippen LogP contribution < -0.4 is 4.74 Å². The molecule has 0 spiro atoms. The minimum absolute atomic E-state index is 0.550. The van der Waals surface area contributed by atoms with E-state index in [1.807, 2.05) is 6.07 Å². The van der Waals surface area contributed by atoms with E-state index < -0.39 is 0 Å². The number of hydrogen-bond acceptors (Lipinski definition) is 3. The summed E-state index contributed by atoms with van der Waals surface area (Å²) < 4.78 is 5.67. The summed E-state index contributed by atoms with van der Waals surface area (Å²) in [6, 6.07) is 4.15. The van der Waals surface area contributed by atoms with Crippen molar-refractivity contribution in [1.29, 1.82) is 5.26 Å². The Labute approximate surface area is 101 Å². The van der Waals surface area contributed by atoms with Crippen LogP contribution in [0.5, 0.6) is 5.88 Å². The van der Waals surface area contributed by atoms with Crippen molar-refractivity contribution in [2.24, 2.45) is 5.92 Å². The van der Waals surface area contributed by atoms with E-state index in [4.69, 9.17) is 10.00 Å². The van der Waals surface area contributed by atoms with Gasteiger partial charge in [0.1, 0.15) is 11.6 Å². The van der Waals surface area contributed by atoms with Gasteiger partial charge in [0.25, 0.3) is 0 Å². The molecule has 1 fully saturated rings. The molecule has 2 aliphatic carbocycles. The van der Waals surface area contributed by atoms with Crippen LogP contribution in [-0.4, -0.2) is 11.6 Å². The Bertz CT molecular complexity index is 472. The molecule has 1 heterocycles. The molecule has 1 aromatic rings. The van der Waals surface area contributed by atoms with Gasteiger partial charge in [-0.2, -0.15) is 5.26 Å². The number of nitrogens with zero attached hydrogens (tertiary/aromatic N) is 2. The molecule has 1 saturated carbocycles. The fraction of sp³-hybridized carbons (Fsp3) is 0.571. The van der Waals surface area contributed by atoms with Crippen molar-refractivity contribution in [2.45, 2.75) is 38.5 Å². The minimum Gasteiger partial charge on any atom is -0.477 e. The van der Waals surface area contributed by atoms with Gasteiger partial charge in [-0.3, -0.25) is 0 Å². The maximum Gasteiger partial charge on any atom is 0.231 e. The first-order valence-corrected chi connectivity index (χ1v) is 6.42. The van der Waals surface area contributed by atoms with Gasteiger partial charge < -0.3 is 4.74 Å². The first-order chi connectivity index (χ1) is 8.36. The van der Waals surface area contributed by atoms with E-state index in [-0.39, 0.29) is 0 Å². The number of pyridine rings is 1. The van der Waals surface area contributed by atoms with Gasteiger partial charge in [0.2, 0.25) is 5.88 Å². The molecule has 3 nitrogen and oxygen atoms in total. The third-order valence-electron chi connectivity index (χ3n) is 3.60. The summed E-state index contributed by atoms with van der Waals surface area (Å²) in [7, 11) is 0. The molecule has 0 aromatic carbocycles. The molecule has 0 unspecified atom stereocenters. The smallest absolute Gasteiger partial charge is 0.231 e. The van der Waals surface area contributed by atoms with Crippen molar-refractivity contribution in [2.75, 3.05) is 6.61 Å². The number of nitriles is 1. The van der Waals surface area contributed by atoms with Gasteiger partial charge in [-0.1, -0.05) is 12.8 Å². The summed E-state index contributed by atoms with van der Waals surface area (Å²) in [6.45, 7) is 0.700. The number of fused-ring (bicyclic) bond motifs is 1. The quantitative estimate of drug-likeness (QED) is 0.795. The molecule has 0 amide bonds. The van der Waals surface area contributed by atoms with E-state index in [1.54, 1.807) is 0 Å². The molecular formula is C14H16N2O. The molecular weight excluding hydrogens is 212 g/mol. The van der Waals surface area contributed by atoms with Gasteiger partial charge in [0, 0.05) is 5.69 Å². The first-order valence-electron chi connectivity index (χ1n) is 6.42. The van der Waals surface area contributed by atoms with Crippen LogP contribution in [0.25, 0.3) is 0 Å². The minimum atomic E-state index is 0.550. The lowest BCUT2D eigenvalue weighted by Crippen LogP contribution is -2.04. The second-order valence-electron chi connectivity index (χ2n) is 4.99. The van der Waals surface area contributed by atoms with Crippen LogP contribution in [0.3, 0.4) is 0 Å². The molecule has 0 atom stereocenters. The molecule has 0 radical (unpaired) electrons. The van der Waals surface area contributed by atoms with Crippen LogP contribution in [0.4, 0.5) is 0 Å². The maximum absolute atomic E-state index is 9.10. The van der Waals surface area contributed by atoms with Crippen molar-refractivity contribution >= 4 is 0 Å². The van der Waals surface area contributed by atoms with Crippen LogP contribution >= 0.6 is 0 Å². The highest BCUT2D eigenvalue weighted by atomic mass is 16.5. The van der Waals surface area contributed by atoms with Crippen molar-refractivity contribution in [3.05, 3.63) is 22.9 Å². The fourth-order valence-corrected chi connectivity index (χ4v) is 2.37. The van der Waals surface area contributed by atoms with Crippen LogP contribution in [0, 0.1) is 17.2 Å². The molecule has 3 heteroatoms. The van der Waals surface area contributed by atoms with E-state index >= 15 is 0 Å². The van der Waals surface area contributed by atoms with Crippen molar-refractivity contribution in [3.8, 4) is 11.9 Å². The predicted octanol–water partition coefficient (Wildman–Crippen LogP) is 2.62. The van der Waals surface area contributed by atoms with Crippen molar-refractivity contribution in [3.63, 3.8) is 0 Å². The van der Waals surface area contributed by atoms with E-state index in [0.29, 0.717) is 18.1 Å².